The molecule has 0 spiro atoms. The topological polar surface area (TPSA) is 123 Å². The number of rotatable bonds is 6. The van der Waals surface area contributed by atoms with Crippen molar-refractivity contribution >= 4 is 15.9 Å². The normalized spacial score (nSPS) is 17.2. The number of amides is 1. The SMILES string of the molecule is Cc1ccc(CNC(=O)C2CCCN(S(=O)(=O)c3ccccc3)CCc3nnc(-c4cccnc4)n3CC2)o1. The number of hydrogen-bond acceptors (Lipinski definition) is 7. The summed E-state index contributed by atoms with van der Waals surface area (Å²) in [7, 11) is -3.72. The monoisotopic (exact) mass is 548 g/mol. The molecule has 0 fully saturated rings. The number of aryl methyl sites for hydroxylation is 1. The molecule has 0 aliphatic carbocycles. The van der Waals surface area contributed by atoms with Gasteiger partial charge in [-0.2, -0.15) is 4.31 Å². The van der Waals surface area contributed by atoms with Gasteiger partial charge in [-0.3, -0.25) is 9.78 Å². The van der Waals surface area contributed by atoms with E-state index in [0.29, 0.717) is 62.7 Å². The molecule has 1 aromatic carbocycles. The van der Waals surface area contributed by atoms with E-state index in [0.717, 1.165) is 11.3 Å². The van der Waals surface area contributed by atoms with E-state index in [4.69, 9.17) is 4.42 Å². The Morgan fingerprint density at radius 3 is 2.62 bits per heavy atom. The highest BCUT2D eigenvalue weighted by Crippen LogP contribution is 2.24. The van der Waals surface area contributed by atoms with Crippen molar-refractivity contribution in [2.24, 2.45) is 5.92 Å². The number of carbonyl (C=O) groups is 1. The molecule has 0 saturated carbocycles. The van der Waals surface area contributed by atoms with Crippen LogP contribution < -0.4 is 5.32 Å². The van der Waals surface area contributed by atoms with Gasteiger partial charge in [0.2, 0.25) is 15.9 Å². The molecule has 1 N–H and O–H groups in total. The van der Waals surface area contributed by atoms with Crippen molar-refractivity contribution in [3.8, 4) is 11.4 Å². The van der Waals surface area contributed by atoms with Crippen LogP contribution in [0.15, 0.2) is 76.3 Å². The lowest BCUT2D eigenvalue weighted by atomic mass is 9.98. The number of fused-ring (bicyclic) bond motifs is 1. The number of aromatic nitrogens is 4. The Morgan fingerprint density at radius 1 is 1.03 bits per heavy atom. The lowest BCUT2D eigenvalue weighted by Crippen LogP contribution is -2.35. The molecular formula is C28H32N6O4S. The lowest BCUT2D eigenvalue weighted by Gasteiger charge is -2.22. The third-order valence-corrected chi connectivity index (χ3v) is 8.89. The standard InChI is InChI=1S/C28H32N6O4S/c1-21-11-12-24(38-21)20-30-28(35)22-8-6-16-33(39(36,37)25-9-3-2-4-10-25)17-14-26-31-32-27(34(26)18-13-22)23-7-5-15-29-19-23/h2-5,7,9-12,15,19,22H,6,8,13-14,16-18,20H2,1H3,(H,30,35). The van der Waals surface area contributed by atoms with Crippen molar-refractivity contribution in [1.29, 1.82) is 0 Å². The first-order valence-electron chi connectivity index (χ1n) is 13.1. The van der Waals surface area contributed by atoms with E-state index in [9.17, 15) is 13.2 Å². The fourth-order valence-corrected chi connectivity index (χ4v) is 6.39. The Labute approximate surface area is 228 Å². The van der Waals surface area contributed by atoms with Crippen LogP contribution in [-0.4, -0.2) is 51.5 Å². The van der Waals surface area contributed by atoms with E-state index < -0.39 is 10.0 Å². The van der Waals surface area contributed by atoms with E-state index in [2.05, 4.69) is 20.5 Å². The molecule has 0 radical (unpaired) electrons. The minimum Gasteiger partial charge on any atom is -0.465 e. The van der Waals surface area contributed by atoms with Crippen molar-refractivity contribution in [3.63, 3.8) is 0 Å². The van der Waals surface area contributed by atoms with Crippen molar-refractivity contribution in [2.45, 2.75) is 50.6 Å². The van der Waals surface area contributed by atoms with Crippen LogP contribution in [0.4, 0.5) is 0 Å². The summed E-state index contributed by atoms with van der Waals surface area (Å²) in [6.45, 7) is 3.26. The predicted molar refractivity (Wildman–Crippen MR) is 145 cm³/mol. The quantitative estimate of drug-likeness (QED) is 0.391. The fraction of sp³-hybridized carbons (Fsp3) is 0.357. The van der Waals surface area contributed by atoms with Crippen LogP contribution in [0.5, 0.6) is 0 Å². The summed E-state index contributed by atoms with van der Waals surface area (Å²) in [5.41, 5.74) is 0.814. The summed E-state index contributed by atoms with van der Waals surface area (Å²) in [4.78, 5) is 17.8. The molecule has 0 bridgehead atoms. The van der Waals surface area contributed by atoms with Crippen LogP contribution in [-0.2, 0) is 34.3 Å². The molecule has 1 unspecified atom stereocenters. The molecule has 1 aliphatic rings. The number of pyridine rings is 1. The van der Waals surface area contributed by atoms with Crippen LogP contribution in [0.3, 0.4) is 0 Å². The second-order valence-electron chi connectivity index (χ2n) is 9.66. The summed E-state index contributed by atoms with van der Waals surface area (Å²) in [5, 5.41) is 11.8. The molecule has 1 amide bonds. The number of nitrogens with zero attached hydrogens (tertiary/aromatic N) is 5. The minimum atomic E-state index is -3.72. The second-order valence-corrected chi connectivity index (χ2v) is 11.6. The van der Waals surface area contributed by atoms with Gasteiger partial charge in [0.25, 0.3) is 0 Å². The third-order valence-electron chi connectivity index (χ3n) is 6.98. The van der Waals surface area contributed by atoms with Crippen LogP contribution in [0.1, 0.15) is 36.6 Å². The number of benzene rings is 1. The van der Waals surface area contributed by atoms with Gasteiger partial charge in [0, 0.05) is 49.9 Å². The van der Waals surface area contributed by atoms with Crippen LogP contribution in [0.2, 0.25) is 0 Å². The van der Waals surface area contributed by atoms with Gasteiger partial charge in [0.1, 0.15) is 17.3 Å². The third kappa shape index (κ3) is 6.26. The van der Waals surface area contributed by atoms with Gasteiger partial charge in [0.05, 0.1) is 11.4 Å². The first kappa shape index (κ1) is 26.8. The predicted octanol–water partition coefficient (Wildman–Crippen LogP) is 3.59. The Balaban J connectivity index is 1.42. The van der Waals surface area contributed by atoms with E-state index in [1.807, 2.05) is 35.8 Å². The zero-order valence-corrected chi connectivity index (χ0v) is 22.7. The maximum Gasteiger partial charge on any atom is 0.243 e. The van der Waals surface area contributed by atoms with Gasteiger partial charge in [-0.1, -0.05) is 18.2 Å². The van der Waals surface area contributed by atoms with Gasteiger partial charge < -0.3 is 14.3 Å². The molecule has 10 nitrogen and oxygen atoms in total. The van der Waals surface area contributed by atoms with Crippen molar-refractivity contribution < 1.29 is 17.6 Å². The molecule has 11 heteroatoms. The molecule has 5 rings (SSSR count). The Bertz CT molecular complexity index is 1500. The first-order valence-corrected chi connectivity index (χ1v) is 14.6. The minimum absolute atomic E-state index is 0.0849. The van der Waals surface area contributed by atoms with E-state index >= 15 is 0 Å². The molecule has 3 aromatic heterocycles. The summed E-state index contributed by atoms with van der Waals surface area (Å²) < 4.78 is 36.2. The molecule has 1 atom stereocenters. The van der Waals surface area contributed by atoms with Gasteiger partial charge in [-0.25, -0.2) is 8.42 Å². The van der Waals surface area contributed by atoms with E-state index in [1.54, 1.807) is 42.7 Å². The highest BCUT2D eigenvalue weighted by molar-refractivity contribution is 7.89. The summed E-state index contributed by atoms with van der Waals surface area (Å²) in [5.74, 6) is 2.40. The highest BCUT2D eigenvalue weighted by Gasteiger charge is 2.28. The summed E-state index contributed by atoms with van der Waals surface area (Å²) in [6, 6.07) is 15.9. The number of furan rings is 1. The molecule has 1 aliphatic heterocycles. The van der Waals surface area contributed by atoms with Gasteiger partial charge in [0.15, 0.2) is 5.82 Å². The average molecular weight is 549 g/mol. The maximum atomic E-state index is 13.5. The van der Waals surface area contributed by atoms with Crippen molar-refractivity contribution in [2.75, 3.05) is 13.1 Å². The zero-order valence-electron chi connectivity index (χ0n) is 21.9. The number of nitrogens with one attached hydrogen (secondary N) is 1. The zero-order chi connectivity index (χ0) is 27.2. The molecule has 4 heterocycles. The Morgan fingerprint density at radius 2 is 1.87 bits per heavy atom. The molecular weight excluding hydrogens is 516 g/mol. The van der Waals surface area contributed by atoms with Crippen molar-refractivity contribution in [1.82, 2.24) is 29.4 Å². The van der Waals surface area contributed by atoms with Gasteiger partial charge in [-0.15, -0.1) is 10.2 Å². The van der Waals surface area contributed by atoms with Gasteiger partial charge in [-0.05, 0) is 62.6 Å². The highest BCUT2D eigenvalue weighted by atomic mass is 32.2. The van der Waals surface area contributed by atoms with Crippen LogP contribution in [0.25, 0.3) is 11.4 Å². The number of hydrogen-bond donors (Lipinski definition) is 1. The molecule has 4 aromatic rings. The Kier molecular flexibility index (Phi) is 8.18. The summed E-state index contributed by atoms with van der Waals surface area (Å²) in [6.07, 6.45) is 5.48. The van der Waals surface area contributed by atoms with Crippen LogP contribution >= 0.6 is 0 Å². The fourth-order valence-electron chi connectivity index (χ4n) is 4.89. The molecule has 204 valence electrons. The van der Waals surface area contributed by atoms with E-state index in [-0.39, 0.29) is 23.3 Å². The number of carbonyl (C=O) groups excluding carboxylic acids is 1. The lowest BCUT2D eigenvalue weighted by molar-refractivity contribution is -0.125. The maximum absolute atomic E-state index is 13.5. The second kappa shape index (κ2) is 11.9. The van der Waals surface area contributed by atoms with Crippen molar-refractivity contribution in [3.05, 3.63) is 84.3 Å². The average Bonchev–Trinajstić information content (AvgIpc) is 3.56. The number of sulfonamides is 1. The van der Waals surface area contributed by atoms with E-state index in [1.165, 1.54) is 4.31 Å². The summed E-state index contributed by atoms with van der Waals surface area (Å²) >= 11 is 0. The molecule has 0 saturated heterocycles. The Hall–Kier alpha value is -3.83. The van der Waals surface area contributed by atoms with Gasteiger partial charge >= 0.3 is 0 Å². The smallest absolute Gasteiger partial charge is 0.243 e. The largest absolute Gasteiger partial charge is 0.465 e. The first-order chi connectivity index (χ1) is 18.9. The van der Waals surface area contributed by atoms with Crippen LogP contribution in [0, 0.1) is 12.8 Å². The molecule has 39 heavy (non-hydrogen) atoms.